The number of carbonyl (C=O) groups is 1. The van der Waals surface area contributed by atoms with E-state index in [1.165, 1.54) is 11.3 Å². The van der Waals surface area contributed by atoms with Gasteiger partial charge < -0.3 is 10.1 Å². The van der Waals surface area contributed by atoms with E-state index in [4.69, 9.17) is 4.74 Å². The highest BCUT2D eigenvalue weighted by molar-refractivity contribution is 7.91. The Labute approximate surface area is 166 Å². The van der Waals surface area contributed by atoms with Crippen molar-refractivity contribution in [1.29, 1.82) is 0 Å². The summed E-state index contributed by atoms with van der Waals surface area (Å²) in [5.41, 5.74) is 1.60. The first-order valence-corrected chi connectivity index (χ1v) is 11.4. The zero-order valence-corrected chi connectivity index (χ0v) is 16.8. The minimum atomic E-state index is -3.07. The first kappa shape index (κ1) is 18.7. The van der Waals surface area contributed by atoms with Crippen molar-refractivity contribution in [2.75, 3.05) is 23.9 Å². The molecule has 1 aromatic carbocycles. The molecule has 1 aliphatic rings. The molecule has 146 valence electrons. The van der Waals surface area contributed by atoms with Crippen LogP contribution in [0.4, 0.5) is 5.69 Å². The minimum Gasteiger partial charge on any atom is -0.497 e. The molecule has 0 bridgehead atoms. The monoisotopic (exact) mass is 417 g/mol. The summed E-state index contributed by atoms with van der Waals surface area (Å²) in [5.74, 6) is 0.473. The fraction of sp³-hybridized carbons (Fsp3) is 0.263. The second-order valence-electron chi connectivity index (χ2n) is 6.58. The number of hydrogen-bond acceptors (Lipinski definition) is 6. The number of benzene rings is 1. The summed E-state index contributed by atoms with van der Waals surface area (Å²) >= 11 is 1.52. The van der Waals surface area contributed by atoms with Crippen molar-refractivity contribution in [3.05, 3.63) is 53.5 Å². The SMILES string of the molecule is COc1cccc(NC(=O)c2cc(-c3cccs3)n([C@@H]3CCS(=O)(=O)C3)n2)c1. The predicted molar refractivity (Wildman–Crippen MR) is 109 cm³/mol. The number of thiophene rings is 1. The maximum atomic E-state index is 12.7. The average molecular weight is 418 g/mol. The minimum absolute atomic E-state index is 0.0456. The van der Waals surface area contributed by atoms with Gasteiger partial charge in [-0.3, -0.25) is 9.48 Å². The van der Waals surface area contributed by atoms with Crippen LogP contribution in [0.5, 0.6) is 5.75 Å². The lowest BCUT2D eigenvalue weighted by Gasteiger charge is -2.12. The lowest BCUT2D eigenvalue weighted by molar-refractivity contribution is 0.102. The smallest absolute Gasteiger partial charge is 0.276 e. The Balaban J connectivity index is 1.66. The number of hydrogen-bond donors (Lipinski definition) is 1. The summed E-state index contributed by atoms with van der Waals surface area (Å²) in [7, 11) is -1.51. The van der Waals surface area contributed by atoms with E-state index in [1.54, 1.807) is 42.1 Å². The van der Waals surface area contributed by atoms with E-state index < -0.39 is 9.84 Å². The summed E-state index contributed by atoms with van der Waals surface area (Å²) in [6, 6.07) is 12.4. The van der Waals surface area contributed by atoms with E-state index in [0.717, 1.165) is 10.6 Å². The highest BCUT2D eigenvalue weighted by Gasteiger charge is 2.32. The number of amides is 1. The zero-order chi connectivity index (χ0) is 19.7. The molecule has 1 aliphatic heterocycles. The molecule has 0 aliphatic carbocycles. The van der Waals surface area contributed by atoms with Gasteiger partial charge in [-0.05, 0) is 36.1 Å². The molecule has 0 spiro atoms. The number of rotatable bonds is 5. The molecule has 4 rings (SSSR count). The molecule has 0 saturated carbocycles. The lowest BCUT2D eigenvalue weighted by atomic mass is 10.2. The maximum absolute atomic E-state index is 12.7. The number of methoxy groups -OCH3 is 1. The Morgan fingerprint density at radius 2 is 2.14 bits per heavy atom. The first-order chi connectivity index (χ1) is 13.4. The van der Waals surface area contributed by atoms with E-state index in [2.05, 4.69) is 10.4 Å². The van der Waals surface area contributed by atoms with Crippen LogP contribution >= 0.6 is 11.3 Å². The largest absolute Gasteiger partial charge is 0.497 e. The lowest BCUT2D eigenvalue weighted by Crippen LogP contribution is -2.16. The first-order valence-electron chi connectivity index (χ1n) is 8.74. The standard InChI is InChI=1S/C19H19N3O4S2/c1-26-15-5-2-4-13(10-15)20-19(23)16-11-17(18-6-3-8-27-18)22(21-16)14-7-9-28(24,25)12-14/h2-6,8,10-11,14H,7,9,12H2,1H3,(H,20,23)/t14-/m1/s1. The molecule has 0 radical (unpaired) electrons. The number of ether oxygens (including phenoxy) is 1. The molecular weight excluding hydrogens is 398 g/mol. The summed E-state index contributed by atoms with van der Waals surface area (Å²) < 4.78 is 30.7. The van der Waals surface area contributed by atoms with Crippen molar-refractivity contribution in [3.8, 4) is 16.3 Å². The molecule has 7 nitrogen and oxygen atoms in total. The Bertz CT molecular complexity index is 1100. The van der Waals surface area contributed by atoms with Crippen LogP contribution in [0.3, 0.4) is 0 Å². The summed E-state index contributed by atoms with van der Waals surface area (Å²) in [4.78, 5) is 13.7. The van der Waals surface area contributed by atoms with Gasteiger partial charge in [-0.2, -0.15) is 5.10 Å². The second kappa shape index (κ2) is 7.40. The van der Waals surface area contributed by atoms with Gasteiger partial charge in [-0.25, -0.2) is 8.42 Å². The number of carbonyl (C=O) groups excluding carboxylic acids is 1. The topological polar surface area (TPSA) is 90.3 Å². The van der Waals surface area contributed by atoms with Crippen LogP contribution < -0.4 is 10.1 Å². The Hall–Kier alpha value is -2.65. The van der Waals surface area contributed by atoms with Crippen molar-refractivity contribution in [2.24, 2.45) is 0 Å². The molecule has 3 aromatic rings. The van der Waals surface area contributed by atoms with Crippen molar-refractivity contribution in [3.63, 3.8) is 0 Å². The van der Waals surface area contributed by atoms with Gasteiger partial charge in [-0.15, -0.1) is 11.3 Å². The van der Waals surface area contributed by atoms with Crippen LogP contribution in [0, 0.1) is 0 Å². The van der Waals surface area contributed by atoms with Gasteiger partial charge in [0.2, 0.25) is 0 Å². The van der Waals surface area contributed by atoms with Crippen molar-refractivity contribution < 1.29 is 17.9 Å². The molecule has 1 atom stereocenters. The van der Waals surface area contributed by atoms with Gasteiger partial charge >= 0.3 is 0 Å². The van der Waals surface area contributed by atoms with E-state index in [1.807, 2.05) is 17.5 Å². The Morgan fingerprint density at radius 1 is 1.29 bits per heavy atom. The van der Waals surface area contributed by atoms with Gasteiger partial charge in [-0.1, -0.05) is 12.1 Å². The predicted octanol–water partition coefficient (Wildman–Crippen LogP) is 3.23. The average Bonchev–Trinajstić information content (AvgIpc) is 3.40. The molecule has 1 N–H and O–H groups in total. The molecule has 1 fully saturated rings. The molecular formula is C19H19N3O4S2. The number of nitrogens with zero attached hydrogens (tertiary/aromatic N) is 2. The normalized spacial score (nSPS) is 18.1. The molecule has 2 aromatic heterocycles. The van der Waals surface area contributed by atoms with Gasteiger partial charge in [0.1, 0.15) is 5.75 Å². The third-order valence-corrected chi connectivity index (χ3v) is 7.27. The van der Waals surface area contributed by atoms with Crippen LogP contribution in [0.1, 0.15) is 23.0 Å². The number of anilines is 1. The Kier molecular flexibility index (Phi) is 4.94. The number of aromatic nitrogens is 2. The van der Waals surface area contributed by atoms with Gasteiger partial charge in [0, 0.05) is 11.8 Å². The van der Waals surface area contributed by atoms with Crippen LogP contribution in [0.25, 0.3) is 10.6 Å². The van der Waals surface area contributed by atoms with Crippen LogP contribution in [-0.2, 0) is 9.84 Å². The molecule has 1 amide bonds. The fourth-order valence-corrected chi connectivity index (χ4v) is 5.68. The summed E-state index contributed by atoms with van der Waals surface area (Å²) in [6.45, 7) is 0. The van der Waals surface area contributed by atoms with Crippen molar-refractivity contribution >= 4 is 32.8 Å². The maximum Gasteiger partial charge on any atom is 0.276 e. The molecule has 9 heteroatoms. The van der Waals surface area contributed by atoms with E-state index in [9.17, 15) is 13.2 Å². The summed E-state index contributed by atoms with van der Waals surface area (Å²) in [5, 5.41) is 9.22. The Morgan fingerprint density at radius 3 is 2.82 bits per heavy atom. The fourth-order valence-electron chi connectivity index (χ4n) is 3.26. The van der Waals surface area contributed by atoms with Crippen LogP contribution in [0.2, 0.25) is 0 Å². The quantitative estimate of drug-likeness (QED) is 0.688. The molecule has 3 heterocycles. The highest BCUT2D eigenvalue weighted by atomic mass is 32.2. The van der Waals surface area contributed by atoms with E-state index >= 15 is 0 Å². The van der Waals surface area contributed by atoms with Crippen LogP contribution in [0.15, 0.2) is 47.8 Å². The zero-order valence-electron chi connectivity index (χ0n) is 15.2. The van der Waals surface area contributed by atoms with Gasteiger partial charge in [0.05, 0.1) is 35.2 Å². The second-order valence-corrected chi connectivity index (χ2v) is 9.76. The third kappa shape index (κ3) is 3.81. The van der Waals surface area contributed by atoms with Crippen molar-refractivity contribution in [2.45, 2.75) is 12.5 Å². The highest BCUT2D eigenvalue weighted by Crippen LogP contribution is 2.32. The summed E-state index contributed by atoms with van der Waals surface area (Å²) in [6.07, 6.45) is 0.499. The van der Waals surface area contributed by atoms with E-state index in [0.29, 0.717) is 17.9 Å². The molecule has 1 saturated heterocycles. The van der Waals surface area contributed by atoms with E-state index in [-0.39, 0.29) is 29.1 Å². The van der Waals surface area contributed by atoms with Crippen LogP contribution in [-0.4, -0.2) is 42.7 Å². The molecule has 28 heavy (non-hydrogen) atoms. The third-order valence-electron chi connectivity index (χ3n) is 4.62. The van der Waals surface area contributed by atoms with Gasteiger partial charge in [0.15, 0.2) is 15.5 Å². The molecule has 0 unspecified atom stereocenters. The number of nitrogens with one attached hydrogen (secondary N) is 1. The van der Waals surface area contributed by atoms with Gasteiger partial charge in [0.25, 0.3) is 5.91 Å². The number of sulfone groups is 1. The van der Waals surface area contributed by atoms with Crippen molar-refractivity contribution in [1.82, 2.24) is 9.78 Å².